The molecule has 1 aromatic carbocycles. The van der Waals surface area contributed by atoms with E-state index in [2.05, 4.69) is 63.9 Å². The summed E-state index contributed by atoms with van der Waals surface area (Å²) in [5.41, 5.74) is 5.11. The van der Waals surface area contributed by atoms with E-state index in [0.29, 0.717) is 68.3 Å². The first-order chi connectivity index (χ1) is 35.5. The quantitative estimate of drug-likeness (QED) is 0.0268. The molecule has 3 aromatic rings. The van der Waals surface area contributed by atoms with Gasteiger partial charge in [0, 0.05) is 80.6 Å². The van der Waals surface area contributed by atoms with E-state index in [1.807, 2.05) is 38.1 Å². The highest BCUT2D eigenvalue weighted by molar-refractivity contribution is 8.00. The Kier molecular flexibility index (Phi) is 22.0. The van der Waals surface area contributed by atoms with Crippen LogP contribution < -0.4 is 31.9 Å². The number of rotatable bonds is 32. The predicted molar refractivity (Wildman–Crippen MR) is 288 cm³/mol. The molecule has 0 spiro atoms. The number of alkyl halides is 2. The molecule has 4 atom stereocenters. The summed E-state index contributed by atoms with van der Waals surface area (Å²) >= 11 is 13.8. The van der Waals surface area contributed by atoms with Crippen molar-refractivity contribution in [1.29, 1.82) is 0 Å². The van der Waals surface area contributed by atoms with Gasteiger partial charge in [-0.15, -0.1) is 23.2 Å². The normalized spacial score (nSPS) is 18.6. The largest absolute Gasteiger partial charge is 0.369 e. The number of benzene rings is 1. The number of hydrogen-bond acceptors (Lipinski definition) is 13. The number of H-pyrrole nitrogens is 2. The van der Waals surface area contributed by atoms with E-state index in [0.717, 1.165) is 23.4 Å². The van der Waals surface area contributed by atoms with Gasteiger partial charge in [-0.1, -0.05) is 25.5 Å². The Morgan fingerprint density at radius 3 is 1.97 bits per heavy atom. The molecule has 75 heavy (non-hydrogen) atoms. The predicted octanol–water partition coefficient (Wildman–Crippen LogP) is 3.47. The van der Waals surface area contributed by atoms with Crippen LogP contribution in [0.2, 0.25) is 0 Å². The van der Waals surface area contributed by atoms with Crippen LogP contribution in [0.1, 0.15) is 110 Å². The number of carbonyl (C=O) groups is 7. The van der Waals surface area contributed by atoms with Crippen LogP contribution in [-0.4, -0.2) is 173 Å². The summed E-state index contributed by atoms with van der Waals surface area (Å²) in [6.07, 6.45) is 6.83. The molecule has 2 aromatic heterocycles. The Morgan fingerprint density at radius 1 is 0.813 bits per heavy atom. The molecule has 0 bridgehead atoms. The number of aromatic amines is 2. The molecule has 2 saturated heterocycles. The topological polar surface area (TPSA) is 290 Å². The first kappa shape index (κ1) is 60.2. The second kappa shape index (κ2) is 27.4. The van der Waals surface area contributed by atoms with Crippen LogP contribution in [0.3, 0.4) is 0 Å². The van der Waals surface area contributed by atoms with Gasteiger partial charge < -0.3 is 46.6 Å². The average Bonchev–Trinajstić information content (AvgIpc) is 4.16. The van der Waals surface area contributed by atoms with Gasteiger partial charge in [-0.3, -0.25) is 28.8 Å². The fourth-order valence-corrected chi connectivity index (χ4v) is 12.1. The fourth-order valence-electron chi connectivity index (χ4n) is 9.78. The van der Waals surface area contributed by atoms with Crippen LogP contribution in [0, 0.1) is 10.8 Å². The van der Waals surface area contributed by atoms with Crippen LogP contribution in [-0.2, 0) is 48.3 Å². The van der Waals surface area contributed by atoms with Crippen molar-refractivity contribution in [2.45, 2.75) is 135 Å². The summed E-state index contributed by atoms with van der Waals surface area (Å²) in [4.78, 5) is 102. The fraction of sp³-hybridized carbons (Fsp3) is 0.660. The van der Waals surface area contributed by atoms with E-state index in [9.17, 15) is 33.6 Å². The Hall–Kier alpha value is -5.68. The monoisotopic (exact) mass is 1100 g/mol. The highest BCUT2D eigenvalue weighted by Crippen LogP contribution is 2.47. The van der Waals surface area contributed by atoms with Gasteiger partial charge in [0.1, 0.15) is 17.4 Å². The Labute approximate surface area is 454 Å². The van der Waals surface area contributed by atoms with Gasteiger partial charge in [0.25, 0.3) is 0 Å². The summed E-state index contributed by atoms with van der Waals surface area (Å²) in [6.45, 7) is 13.5. The lowest BCUT2D eigenvalue weighted by Gasteiger charge is -2.40. The maximum Gasteiger partial charge on any atom is 0.315 e. The van der Waals surface area contributed by atoms with Crippen molar-refractivity contribution >= 4 is 82.1 Å². The van der Waals surface area contributed by atoms with Crippen molar-refractivity contribution in [1.82, 2.24) is 66.8 Å². The zero-order valence-electron chi connectivity index (χ0n) is 44.4. The second-order valence-corrected chi connectivity index (χ2v) is 23.2. The third-order valence-corrected chi connectivity index (χ3v) is 16.1. The number of nitrogens with two attached hydrogens (primary N) is 1. The van der Waals surface area contributed by atoms with Gasteiger partial charge >= 0.3 is 6.03 Å². The molecular weight excluding hydrogens is 1030 g/mol. The summed E-state index contributed by atoms with van der Waals surface area (Å²) in [5.74, 6) is -1.05. The van der Waals surface area contributed by atoms with Gasteiger partial charge in [0.2, 0.25) is 35.4 Å². The molecule has 8 amide bonds. The van der Waals surface area contributed by atoms with Gasteiger partial charge in [0.15, 0.2) is 0 Å². The van der Waals surface area contributed by atoms with Gasteiger partial charge in [0.05, 0.1) is 53.9 Å². The average molecular weight is 1100 g/mol. The number of nitrogens with zero attached hydrogens (tertiary/aromatic N) is 8. The number of urea groups is 1. The molecule has 22 nitrogen and oxygen atoms in total. The molecule has 2 aliphatic rings. The lowest BCUT2D eigenvalue weighted by atomic mass is 9.79. The Bertz CT molecular complexity index is 2370. The zero-order chi connectivity index (χ0) is 55.0. The van der Waals surface area contributed by atoms with E-state index < -0.39 is 40.1 Å². The molecule has 0 aliphatic carbocycles. The van der Waals surface area contributed by atoms with Crippen molar-refractivity contribution in [2.24, 2.45) is 16.6 Å². The van der Waals surface area contributed by atoms with E-state index in [1.54, 1.807) is 44.4 Å². The molecule has 4 unspecified atom stereocenters. The van der Waals surface area contributed by atoms with Crippen molar-refractivity contribution in [2.75, 3.05) is 68.2 Å². The summed E-state index contributed by atoms with van der Waals surface area (Å²) in [5, 5.41) is 33.1. The van der Waals surface area contributed by atoms with Crippen LogP contribution in [0.5, 0.6) is 0 Å². The zero-order valence-corrected chi connectivity index (χ0v) is 46.8. The molecule has 8 N–H and O–H groups in total. The second-order valence-electron chi connectivity index (χ2n) is 21.2. The van der Waals surface area contributed by atoms with E-state index >= 15 is 0 Å². The molecule has 25 heteroatoms. The highest BCUT2D eigenvalue weighted by Gasteiger charge is 2.60. The van der Waals surface area contributed by atoms with E-state index in [-0.39, 0.29) is 93.2 Å². The molecule has 414 valence electrons. The standard InChI is InChI=1S/C50H77Cl2N15O7S/c1-8-22-65(31-47(2,3)45(73)66(30-40(53)68)28-35-25-55-62-60-35)44(72)48(4,5)32-67(29-36-26-56-63-61-36)43(71)38(57-42(70)14-10-9-13-39-50(7)49(6,33-75-39)58-46(74)59-50)27-54-41(69)15-11-12-34-16-18-37(19-17-34)64(23-20-51)24-21-52/h16-19,25-26,38-39H,8-15,20-24,27-33H2,1-7H3,(H2,53,68)(H,54,69)(H,57,70)(H,55,60,62)(H,56,61,63)(H2,58,59,74). The summed E-state index contributed by atoms with van der Waals surface area (Å²) in [6, 6.07) is 6.64. The summed E-state index contributed by atoms with van der Waals surface area (Å²) < 4.78 is 0. The van der Waals surface area contributed by atoms with Crippen LogP contribution >= 0.6 is 35.0 Å². The van der Waals surface area contributed by atoms with Crippen molar-refractivity contribution in [3.63, 3.8) is 0 Å². The smallest absolute Gasteiger partial charge is 0.315 e. The van der Waals surface area contributed by atoms with Crippen molar-refractivity contribution in [3.05, 3.63) is 53.6 Å². The molecule has 0 radical (unpaired) electrons. The molecule has 5 rings (SSSR count). The number of halogens is 2. The Morgan fingerprint density at radius 2 is 1.40 bits per heavy atom. The van der Waals surface area contributed by atoms with Gasteiger partial charge in [-0.05, 0) is 91.3 Å². The molecule has 2 aliphatic heterocycles. The lowest BCUT2D eigenvalue weighted by molar-refractivity contribution is -0.151. The number of unbranched alkanes of at least 4 members (excludes halogenated alkanes) is 1. The minimum Gasteiger partial charge on any atom is -0.369 e. The van der Waals surface area contributed by atoms with Gasteiger partial charge in [-0.2, -0.15) is 42.6 Å². The third-order valence-electron chi connectivity index (χ3n) is 14.0. The third kappa shape index (κ3) is 16.7. The number of carbonyl (C=O) groups excluding carboxylic acids is 7. The number of anilines is 1. The molecule has 2 fully saturated rings. The summed E-state index contributed by atoms with van der Waals surface area (Å²) in [7, 11) is 0. The molecule has 4 heterocycles. The SMILES string of the molecule is CCCN(CC(C)(C)C(=O)N(CC(N)=O)Cc1cn[nH]n1)C(=O)C(C)(C)CN(Cc1cn[nH]n1)C(=O)C(CNC(=O)CCCc1ccc(N(CCCl)CCCl)cc1)NC(=O)CCCCC1SCC2(C)NC(=O)NC12C. The minimum absolute atomic E-state index is 0.0332. The van der Waals surface area contributed by atoms with E-state index in [1.165, 1.54) is 22.2 Å². The number of thioether (sulfide) groups is 1. The maximum atomic E-state index is 15.0. The van der Waals surface area contributed by atoms with Crippen LogP contribution in [0.4, 0.5) is 10.5 Å². The number of primary amides is 1. The number of amides is 8. The maximum absolute atomic E-state index is 15.0. The van der Waals surface area contributed by atoms with Crippen LogP contribution in [0.25, 0.3) is 0 Å². The number of aryl methyl sites for hydroxylation is 1. The highest BCUT2D eigenvalue weighted by atomic mass is 35.5. The Balaban J connectivity index is 1.31. The lowest BCUT2D eigenvalue weighted by Crippen LogP contribution is -2.58. The number of hydrogen-bond donors (Lipinski definition) is 7. The molecule has 0 saturated carbocycles. The van der Waals surface area contributed by atoms with Gasteiger partial charge in [-0.25, -0.2) is 4.79 Å². The van der Waals surface area contributed by atoms with Crippen LogP contribution in [0.15, 0.2) is 36.7 Å². The van der Waals surface area contributed by atoms with Crippen molar-refractivity contribution in [3.8, 4) is 0 Å². The minimum atomic E-state index is -1.27. The first-order valence-corrected chi connectivity index (χ1v) is 27.8. The number of fused-ring (bicyclic) bond motifs is 1. The molecular formula is C50H77Cl2N15O7S. The first-order valence-electron chi connectivity index (χ1n) is 25.6. The number of aromatic nitrogens is 6. The van der Waals surface area contributed by atoms with Crippen molar-refractivity contribution < 1.29 is 33.6 Å². The van der Waals surface area contributed by atoms with E-state index in [4.69, 9.17) is 28.9 Å². The number of nitrogens with one attached hydrogen (secondary N) is 6.